The summed E-state index contributed by atoms with van der Waals surface area (Å²) < 4.78 is 27.4. The second-order valence-corrected chi connectivity index (χ2v) is 8.08. The van der Waals surface area contributed by atoms with E-state index >= 15 is 0 Å². The van der Waals surface area contributed by atoms with Crippen LogP contribution in [0, 0.1) is 0 Å². The van der Waals surface area contributed by atoms with E-state index < -0.39 is 10.0 Å². The third-order valence-electron chi connectivity index (χ3n) is 4.27. The Bertz CT molecular complexity index is 818. The van der Waals surface area contributed by atoms with Crippen LogP contribution in [0.15, 0.2) is 59.5 Å². The SMILES string of the molecule is CCc1ccc(N(CC(=O)N[C@@H](C)CC)S(=O)(=O)c2ccccc2)cc1. The monoisotopic (exact) mass is 374 g/mol. The predicted molar refractivity (Wildman–Crippen MR) is 105 cm³/mol. The lowest BCUT2D eigenvalue weighted by molar-refractivity contribution is -0.120. The second-order valence-electron chi connectivity index (χ2n) is 6.22. The summed E-state index contributed by atoms with van der Waals surface area (Å²) >= 11 is 0. The Kier molecular flexibility index (Phi) is 6.80. The molecule has 26 heavy (non-hydrogen) atoms. The Morgan fingerprint density at radius 1 is 1.04 bits per heavy atom. The van der Waals surface area contributed by atoms with E-state index in [9.17, 15) is 13.2 Å². The van der Waals surface area contributed by atoms with Crippen LogP contribution in [0.3, 0.4) is 0 Å². The van der Waals surface area contributed by atoms with Crippen LogP contribution in [0.2, 0.25) is 0 Å². The molecule has 0 aliphatic rings. The Morgan fingerprint density at radius 2 is 1.65 bits per heavy atom. The van der Waals surface area contributed by atoms with E-state index in [1.807, 2.05) is 32.9 Å². The molecule has 0 saturated heterocycles. The van der Waals surface area contributed by atoms with E-state index in [2.05, 4.69) is 5.32 Å². The molecule has 1 amide bonds. The van der Waals surface area contributed by atoms with Crippen LogP contribution in [0.1, 0.15) is 32.8 Å². The van der Waals surface area contributed by atoms with Crippen molar-refractivity contribution < 1.29 is 13.2 Å². The molecular formula is C20H26N2O3S. The lowest BCUT2D eigenvalue weighted by Gasteiger charge is -2.25. The van der Waals surface area contributed by atoms with Gasteiger partial charge in [-0.3, -0.25) is 9.10 Å². The molecule has 0 bridgehead atoms. The number of nitrogens with one attached hydrogen (secondary N) is 1. The van der Waals surface area contributed by atoms with Crippen LogP contribution < -0.4 is 9.62 Å². The Morgan fingerprint density at radius 3 is 2.19 bits per heavy atom. The van der Waals surface area contributed by atoms with E-state index in [0.29, 0.717) is 5.69 Å². The molecule has 6 heteroatoms. The lowest BCUT2D eigenvalue weighted by atomic mass is 10.1. The van der Waals surface area contributed by atoms with Crippen molar-refractivity contribution in [2.75, 3.05) is 10.8 Å². The minimum Gasteiger partial charge on any atom is -0.352 e. The third kappa shape index (κ3) is 4.85. The largest absolute Gasteiger partial charge is 0.352 e. The van der Waals surface area contributed by atoms with Crippen LogP contribution in [-0.4, -0.2) is 26.9 Å². The molecule has 140 valence electrons. The summed E-state index contributed by atoms with van der Waals surface area (Å²) in [6.45, 7) is 5.64. The highest BCUT2D eigenvalue weighted by molar-refractivity contribution is 7.92. The molecule has 0 heterocycles. The van der Waals surface area contributed by atoms with Crippen LogP contribution in [0.4, 0.5) is 5.69 Å². The highest BCUT2D eigenvalue weighted by atomic mass is 32.2. The second kappa shape index (κ2) is 8.85. The minimum absolute atomic E-state index is 0.00810. The van der Waals surface area contributed by atoms with Crippen molar-refractivity contribution in [2.24, 2.45) is 0 Å². The van der Waals surface area contributed by atoms with Gasteiger partial charge in [0.05, 0.1) is 10.6 Å². The summed E-state index contributed by atoms with van der Waals surface area (Å²) in [4.78, 5) is 12.5. The van der Waals surface area contributed by atoms with Gasteiger partial charge in [0, 0.05) is 6.04 Å². The number of rotatable bonds is 8. The molecule has 0 aromatic heterocycles. The summed E-state index contributed by atoms with van der Waals surface area (Å²) in [5.74, 6) is -0.321. The fourth-order valence-corrected chi connectivity index (χ4v) is 3.93. The minimum atomic E-state index is -3.84. The van der Waals surface area contributed by atoms with Gasteiger partial charge in [0.15, 0.2) is 0 Å². The molecule has 0 unspecified atom stereocenters. The van der Waals surface area contributed by atoms with Gasteiger partial charge in [-0.2, -0.15) is 0 Å². The molecule has 2 aromatic rings. The third-order valence-corrected chi connectivity index (χ3v) is 6.06. The average Bonchev–Trinajstić information content (AvgIpc) is 2.66. The quantitative estimate of drug-likeness (QED) is 0.770. The number of aryl methyl sites for hydroxylation is 1. The zero-order valence-electron chi connectivity index (χ0n) is 15.5. The summed E-state index contributed by atoms with van der Waals surface area (Å²) in [7, 11) is -3.84. The van der Waals surface area contributed by atoms with Gasteiger partial charge in [0.1, 0.15) is 6.54 Å². The van der Waals surface area contributed by atoms with Gasteiger partial charge in [0.25, 0.3) is 10.0 Å². The fourth-order valence-electron chi connectivity index (χ4n) is 2.49. The number of anilines is 1. The standard InChI is InChI=1S/C20H26N2O3S/c1-4-16(3)21-20(23)15-22(18-13-11-17(5-2)12-14-18)26(24,25)19-9-7-6-8-10-19/h6-14,16H,4-5,15H2,1-3H3,(H,21,23)/t16-/m0/s1. The van der Waals surface area contributed by atoms with Crippen molar-refractivity contribution in [2.45, 2.75) is 44.6 Å². The number of carbonyl (C=O) groups is 1. The van der Waals surface area contributed by atoms with Gasteiger partial charge in [-0.05, 0) is 49.6 Å². The molecule has 0 aliphatic carbocycles. The Hall–Kier alpha value is -2.34. The zero-order valence-corrected chi connectivity index (χ0v) is 16.3. The number of hydrogen-bond donors (Lipinski definition) is 1. The highest BCUT2D eigenvalue weighted by Gasteiger charge is 2.27. The Balaban J connectivity index is 2.39. The number of nitrogens with zero attached hydrogens (tertiary/aromatic N) is 1. The molecule has 0 spiro atoms. The summed E-state index contributed by atoms with van der Waals surface area (Å²) in [6.07, 6.45) is 1.64. The smallest absolute Gasteiger partial charge is 0.264 e. The van der Waals surface area contributed by atoms with Crippen molar-refractivity contribution in [1.82, 2.24) is 5.32 Å². The molecule has 0 aliphatic heterocycles. The topological polar surface area (TPSA) is 66.5 Å². The summed E-state index contributed by atoms with van der Waals surface area (Å²) in [6, 6.07) is 15.4. The molecule has 2 rings (SSSR count). The number of sulfonamides is 1. The maximum Gasteiger partial charge on any atom is 0.264 e. The first kappa shape index (κ1) is 20.0. The van der Waals surface area contributed by atoms with E-state index in [-0.39, 0.29) is 23.4 Å². The van der Waals surface area contributed by atoms with Gasteiger partial charge < -0.3 is 5.32 Å². The molecule has 5 nitrogen and oxygen atoms in total. The van der Waals surface area contributed by atoms with E-state index in [4.69, 9.17) is 0 Å². The maximum absolute atomic E-state index is 13.1. The first-order valence-electron chi connectivity index (χ1n) is 8.84. The molecule has 1 N–H and O–H groups in total. The van der Waals surface area contributed by atoms with Crippen molar-refractivity contribution in [3.05, 3.63) is 60.2 Å². The number of hydrogen-bond acceptors (Lipinski definition) is 3. The van der Waals surface area contributed by atoms with Crippen LogP contribution in [0.5, 0.6) is 0 Å². The average molecular weight is 375 g/mol. The van der Waals surface area contributed by atoms with Crippen molar-refractivity contribution >= 4 is 21.6 Å². The maximum atomic E-state index is 13.1. The van der Waals surface area contributed by atoms with Gasteiger partial charge in [-0.25, -0.2) is 8.42 Å². The summed E-state index contributed by atoms with van der Waals surface area (Å²) in [5.41, 5.74) is 1.58. The number of benzene rings is 2. The van der Waals surface area contributed by atoms with Gasteiger partial charge in [-0.1, -0.05) is 44.2 Å². The summed E-state index contributed by atoms with van der Waals surface area (Å²) in [5, 5.41) is 2.83. The highest BCUT2D eigenvalue weighted by Crippen LogP contribution is 2.24. The zero-order chi connectivity index (χ0) is 19.2. The van der Waals surface area contributed by atoms with E-state index in [0.717, 1.165) is 18.4 Å². The molecule has 1 atom stereocenters. The van der Waals surface area contributed by atoms with Gasteiger partial charge in [0.2, 0.25) is 5.91 Å². The van der Waals surface area contributed by atoms with Crippen LogP contribution in [0.25, 0.3) is 0 Å². The lowest BCUT2D eigenvalue weighted by Crippen LogP contribution is -2.43. The molecular weight excluding hydrogens is 348 g/mol. The Labute approximate surface area is 156 Å². The van der Waals surface area contributed by atoms with Crippen molar-refractivity contribution in [1.29, 1.82) is 0 Å². The first-order chi connectivity index (χ1) is 12.4. The van der Waals surface area contributed by atoms with Gasteiger partial charge in [-0.15, -0.1) is 0 Å². The van der Waals surface area contributed by atoms with Crippen LogP contribution in [-0.2, 0) is 21.2 Å². The van der Waals surface area contributed by atoms with Gasteiger partial charge >= 0.3 is 0 Å². The van der Waals surface area contributed by atoms with Crippen LogP contribution >= 0.6 is 0 Å². The van der Waals surface area contributed by atoms with E-state index in [1.54, 1.807) is 30.3 Å². The number of amides is 1. The van der Waals surface area contributed by atoms with E-state index in [1.165, 1.54) is 16.4 Å². The fraction of sp³-hybridized carbons (Fsp3) is 0.350. The van der Waals surface area contributed by atoms with Crippen molar-refractivity contribution in [3.63, 3.8) is 0 Å². The first-order valence-corrected chi connectivity index (χ1v) is 10.3. The molecule has 0 saturated carbocycles. The normalized spacial score (nSPS) is 12.4. The molecule has 0 fully saturated rings. The van der Waals surface area contributed by atoms with Crippen molar-refractivity contribution in [3.8, 4) is 0 Å². The molecule has 0 radical (unpaired) electrons. The number of carbonyl (C=O) groups excluding carboxylic acids is 1. The molecule has 2 aromatic carbocycles. The predicted octanol–water partition coefficient (Wildman–Crippen LogP) is 3.36.